The molecule has 0 aliphatic heterocycles. The molecular weight excluding hydrogens is 298 g/mol. The zero-order chi connectivity index (χ0) is 16.8. The summed E-state index contributed by atoms with van der Waals surface area (Å²) in [5.74, 6) is 0.942. The van der Waals surface area contributed by atoms with E-state index in [1.54, 1.807) is 6.20 Å². The van der Waals surface area contributed by atoms with E-state index in [1.807, 2.05) is 30.5 Å². The predicted octanol–water partition coefficient (Wildman–Crippen LogP) is 3.23. The molecule has 0 saturated heterocycles. The second-order valence-corrected chi connectivity index (χ2v) is 6.63. The van der Waals surface area contributed by atoms with Crippen molar-refractivity contribution in [1.29, 1.82) is 0 Å². The maximum Gasteiger partial charge on any atom is 0.124 e. The first-order chi connectivity index (χ1) is 11.7. The van der Waals surface area contributed by atoms with Crippen molar-refractivity contribution in [2.24, 2.45) is 0 Å². The third-order valence-corrected chi connectivity index (χ3v) is 4.66. The smallest absolute Gasteiger partial charge is 0.124 e. The molecule has 1 aromatic heterocycles. The summed E-state index contributed by atoms with van der Waals surface area (Å²) in [5.41, 5.74) is 2.28. The van der Waals surface area contributed by atoms with Gasteiger partial charge in [-0.25, -0.2) is 0 Å². The number of nitrogens with zero attached hydrogens (tertiary/aromatic N) is 2. The van der Waals surface area contributed by atoms with Gasteiger partial charge in [-0.2, -0.15) is 0 Å². The zero-order valence-corrected chi connectivity index (χ0v) is 14.6. The van der Waals surface area contributed by atoms with Crippen LogP contribution in [-0.2, 0) is 13.2 Å². The number of likely N-dealkylation sites (N-methyl/N-ethyl adjacent to an activating group) is 1. The minimum Gasteiger partial charge on any atom is -0.489 e. The summed E-state index contributed by atoms with van der Waals surface area (Å²) in [6.45, 7) is 4.65. The molecule has 0 amide bonds. The fraction of sp³-hybridized carbons (Fsp3) is 0.450. The quantitative estimate of drug-likeness (QED) is 0.768. The Labute approximate surface area is 144 Å². The van der Waals surface area contributed by atoms with Crippen LogP contribution in [0.15, 0.2) is 48.8 Å². The van der Waals surface area contributed by atoms with Gasteiger partial charge in [-0.1, -0.05) is 24.3 Å². The van der Waals surface area contributed by atoms with Crippen molar-refractivity contribution in [3.8, 4) is 5.75 Å². The molecule has 24 heavy (non-hydrogen) atoms. The Hall–Kier alpha value is -1.91. The number of benzene rings is 1. The second kappa shape index (κ2) is 8.27. The lowest BCUT2D eigenvalue weighted by atomic mass is 10.2. The van der Waals surface area contributed by atoms with E-state index in [1.165, 1.54) is 18.4 Å². The van der Waals surface area contributed by atoms with E-state index in [0.717, 1.165) is 30.4 Å². The molecule has 3 rings (SSSR count). The molecule has 0 spiro atoms. The van der Waals surface area contributed by atoms with Crippen LogP contribution in [0.5, 0.6) is 5.75 Å². The summed E-state index contributed by atoms with van der Waals surface area (Å²) in [6, 6.07) is 13.6. The molecule has 1 aliphatic rings. The van der Waals surface area contributed by atoms with E-state index in [-0.39, 0.29) is 0 Å². The highest BCUT2D eigenvalue weighted by Gasteiger charge is 2.28. The van der Waals surface area contributed by atoms with Gasteiger partial charge in [0.25, 0.3) is 0 Å². The first-order valence-corrected chi connectivity index (χ1v) is 8.76. The van der Waals surface area contributed by atoms with Crippen molar-refractivity contribution in [2.45, 2.75) is 45.0 Å². The third kappa shape index (κ3) is 4.79. The van der Waals surface area contributed by atoms with Gasteiger partial charge >= 0.3 is 0 Å². The predicted molar refractivity (Wildman–Crippen MR) is 97.0 cm³/mol. The minimum absolute atomic E-state index is 0.547. The van der Waals surface area contributed by atoms with Crippen molar-refractivity contribution >= 4 is 0 Å². The molecule has 128 valence electrons. The molecule has 1 unspecified atom stereocenters. The number of para-hydroxylation sites is 1. The number of ether oxygens (including phenoxy) is 1. The third-order valence-electron chi connectivity index (χ3n) is 4.66. The fourth-order valence-electron chi connectivity index (χ4n) is 2.84. The fourth-order valence-corrected chi connectivity index (χ4v) is 2.84. The topological polar surface area (TPSA) is 37.4 Å². The number of hydrogen-bond acceptors (Lipinski definition) is 4. The maximum atomic E-state index is 5.99. The lowest BCUT2D eigenvalue weighted by molar-refractivity contribution is 0.240. The molecule has 1 aliphatic carbocycles. The van der Waals surface area contributed by atoms with Gasteiger partial charge in [0.1, 0.15) is 12.4 Å². The molecule has 1 saturated carbocycles. The normalized spacial score (nSPS) is 15.5. The lowest BCUT2D eigenvalue weighted by Crippen LogP contribution is -2.38. The summed E-state index contributed by atoms with van der Waals surface area (Å²) >= 11 is 0. The van der Waals surface area contributed by atoms with E-state index < -0.39 is 0 Å². The van der Waals surface area contributed by atoms with Crippen molar-refractivity contribution in [3.05, 3.63) is 59.9 Å². The molecular formula is C20H27N3O. The van der Waals surface area contributed by atoms with Gasteiger partial charge in [0.15, 0.2) is 0 Å². The highest BCUT2D eigenvalue weighted by atomic mass is 16.5. The Kier molecular flexibility index (Phi) is 5.83. The Morgan fingerprint density at radius 3 is 2.83 bits per heavy atom. The second-order valence-electron chi connectivity index (χ2n) is 6.63. The maximum absolute atomic E-state index is 5.99. The van der Waals surface area contributed by atoms with Crippen LogP contribution in [0.1, 0.15) is 30.9 Å². The van der Waals surface area contributed by atoms with Crippen LogP contribution in [0.3, 0.4) is 0 Å². The number of pyridine rings is 1. The van der Waals surface area contributed by atoms with Gasteiger partial charge in [0.05, 0.1) is 0 Å². The average molecular weight is 325 g/mol. The van der Waals surface area contributed by atoms with Gasteiger partial charge in [-0.15, -0.1) is 0 Å². The van der Waals surface area contributed by atoms with E-state index >= 15 is 0 Å². The van der Waals surface area contributed by atoms with Crippen LogP contribution in [0.2, 0.25) is 0 Å². The molecule has 0 bridgehead atoms. The Morgan fingerprint density at radius 1 is 1.25 bits per heavy atom. The summed E-state index contributed by atoms with van der Waals surface area (Å²) < 4.78 is 5.99. The summed E-state index contributed by atoms with van der Waals surface area (Å²) in [5, 5.41) is 3.57. The summed E-state index contributed by atoms with van der Waals surface area (Å²) in [7, 11) is 2.23. The van der Waals surface area contributed by atoms with E-state index in [4.69, 9.17) is 4.74 Å². The molecule has 1 N–H and O–H groups in total. The number of nitrogens with one attached hydrogen (secondary N) is 1. The molecule has 1 fully saturated rings. The Morgan fingerprint density at radius 2 is 2.08 bits per heavy atom. The molecule has 2 aromatic rings. The van der Waals surface area contributed by atoms with Crippen LogP contribution in [-0.4, -0.2) is 35.6 Å². The largest absolute Gasteiger partial charge is 0.489 e. The first kappa shape index (κ1) is 16.9. The van der Waals surface area contributed by atoms with Crippen LogP contribution >= 0.6 is 0 Å². The van der Waals surface area contributed by atoms with Crippen molar-refractivity contribution in [1.82, 2.24) is 15.2 Å². The monoisotopic (exact) mass is 325 g/mol. The van der Waals surface area contributed by atoms with Gasteiger partial charge in [0.2, 0.25) is 0 Å². The number of rotatable bonds is 9. The van der Waals surface area contributed by atoms with Crippen LogP contribution in [0.25, 0.3) is 0 Å². The first-order valence-electron chi connectivity index (χ1n) is 8.76. The average Bonchev–Trinajstić information content (AvgIpc) is 3.46. The van der Waals surface area contributed by atoms with Gasteiger partial charge in [-0.05, 0) is 38.9 Å². The van der Waals surface area contributed by atoms with E-state index in [9.17, 15) is 0 Å². The Balaban J connectivity index is 1.50. The standard InChI is InChI=1S/C20H27N3O/c1-16(23(2)19-9-10-19)12-22-14-18-7-3-4-8-20(18)24-15-17-6-5-11-21-13-17/h3-8,11,13,16,19,22H,9-10,12,14-15H2,1-2H3. The number of aromatic nitrogens is 1. The highest BCUT2D eigenvalue weighted by molar-refractivity contribution is 5.33. The summed E-state index contributed by atoms with van der Waals surface area (Å²) in [4.78, 5) is 6.61. The lowest BCUT2D eigenvalue weighted by Gasteiger charge is -2.25. The molecule has 0 radical (unpaired) electrons. The Bertz CT molecular complexity index is 628. The molecule has 1 heterocycles. The van der Waals surface area contributed by atoms with Crippen LogP contribution in [0.4, 0.5) is 0 Å². The van der Waals surface area contributed by atoms with Gasteiger partial charge in [-0.3, -0.25) is 9.88 Å². The van der Waals surface area contributed by atoms with Gasteiger partial charge < -0.3 is 10.1 Å². The number of hydrogen-bond donors (Lipinski definition) is 1. The van der Waals surface area contributed by atoms with Crippen molar-refractivity contribution in [2.75, 3.05) is 13.6 Å². The van der Waals surface area contributed by atoms with E-state index in [2.05, 4.69) is 41.3 Å². The zero-order valence-electron chi connectivity index (χ0n) is 14.6. The van der Waals surface area contributed by atoms with Crippen molar-refractivity contribution in [3.63, 3.8) is 0 Å². The molecule has 4 heteroatoms. The molecule has 1 atom stereocenters. The molecule has 4 nitrogen and oxygen atoms in total. The molecule has 1 aromatic carbocycles. The SMILES string of the molecule is CC(CNCc1ccccc1OCc1cccnc1)N(C)C1CC1. The van der Waals surface area contributed by atoms with E-state index in [0.29, 0.717) is 12.6 Å². The highest BCUT2D eigenvalue weighted by Crippen LogP contribution is 2.26. The van der Waals surface area contributed by atoms with Gasteiger partial charge in [0, 0.05) is 48.7 Å². The minimum atomic E-state index is 0.547. The van der Waals surface area contributed by atoms with Crippen LogP contribution < -0.4 is 10.1 Å². The van der Waals surface area contributed by atoms with Crippen LogP contribution in [0, 0.1) is 0 Å². The summed E-state index contributed by atoms with van der Waals surface area (Å²) in [6.07, 6.45) is 6.33. The van der Waals surface area contributed by atoms with Crippen molar-refractivity contribution < 1.29 is 4.74 Å².